The average Bonchev–Trinajstić information content (AvgIpc) is 3.29. The van der Waals surface area contributed by atoms with Gasteiger partial charge in [0.15, 0.2) is 36.1 Å². The van der Waals surface area contributed by atoms with Crippen molar-refractivity contribution in [3.05, 3.63) is 40.6 Å². The number of methoxy groups -OCH3 is 1. The third-order valence-electron chi connectivity index (χ3n) is 11.7. The molecule has 20 atom stereocenters. The van der Waals surface area contributed by atoms with Crippen LogP contribution in [0, 0.1) is 0 Å². The predicted molar refractivity (Wildman–Crippen MR) is 210 cm³/mol. The van der Waals surface area contributed by atoms with E-state index >= 15 is 0 Å². The molecule has 26 heteroatoms. The summed E-state index contributed by atoms with van der Waals surface area (Å²) in [6.07, 6.45) is -36.4. The Hall–Kier alpha value is -4.11. The molecule has 4 fully saturated rings. The van der Waals surface area contributed by atoms with E-state index in [1.54, 1.807) is 0 Å². The van der Waals surface area contributed by atoms with Gasteiger partial charge in [-0.1, -0.05) is 0 Å². The van der Waals surface area contributed by atoms with E-state index < -0.39 is 176 Å². The number of fused-ring (bicyclic) bond motifs is 1. The van der Waals surface area contributed by atoms with Crippen LogP contribution in [0.4, 0.5) is 0 Å². The number of benzene rings is 2. The highest BCUT2D eigenvalue weighted by Gasteiger charge is 2.53. The van der Waals surface area contributed by atoms with Gasteiger partial charge < -0.3 is 124 Å². The van der Waals surface area contributed by atoms with Crippen molar-refractivity contribution in [3.8, 4) is 40.1 Å². The zero-order valence-corrected chi connectivity index (χ0v) is 34.8. The van der Waals surface area contributed by atoms with E-state index in [2.05, 4.69) is 0 Å². The fourth-order valence-electron chi connectivity index (χ4n) is 7.84. The first kappa shape index (κ1) is 49.8. The highest BCUT2D eigenvalue weighted by Crippen LogP contribution is 2.40. The Bertz CT molecular complexity index is 2190. The standard InChI is InChI=1S/C40H52O26/c1-11-22(45)27(50)32(55)38(60-11)66-36-30(53)25(48)20(9-58-37-31(54)28(51)23(46)18(8-41)62-37)64-40(36)59-10-19-24(47)29(52)33(56)39(63-19)65-35-26(49)21-15(44)6-13(42)7-17(21)61-34(35)12-3-4-14(43)16(5-12)57-2/h3-7,11,18-20,22-25,27-33,36-48,50-56H,8-10H2,1-2H3/t11?,18?,19?,20?,22-,23+,24+,25+,27?,28-,29-,30-,31?,32-,33?,36?,37+,38-,39-,40+/m0/s1. The van der Waals surface area contributed by atoms with Crippen molar-refractivity contribution < 1.29 is 124 Å². The molecule has 0 amide bonds. The second-order valence-corrected chi connectivity index (χ2v) is 16.1. The Balaban J connectivity index is 1.16. The van der Waals surface area contributed by atoms with Crippen molar-refractivity contribution in [1.29, 1.82) is 0 Å². The van der Waals surface area contributed by atoms with Gasteiger partial charge in [-0.2, -0.15) is 0 Å². The van der Waals surface area contributed by atoms with Crippen LogP contribution >= 0.6 is 0 Å². The van der Waals surface area contributed by atoms with Gasteiger partial charge in [0.1, 0.15) is 114 Å². The molecule has 2 aromatic carbocycles. The Kier molecular flexibility index (Phi) is 15.3. The quantitative estimate of drug-likeness (QED) is 0.0759. The molecule has 15 N–H and O–H groups in total. The van der Waals surface area contributed by atoms with Gasteiger partial charge in [0, 0.05) is 17.7 Å². The molecule has 1 aromatic heterocycles. The summed E-state index contributed by atoms with van der Waals surface area (Å²) in [7, 11) is 1.24. The predicted octanol–water partition coefficient (Wildman–Crippen LogP) is -5.74. The summed E-state index contributed by atoms with van der Waals surface area (Å²) in [5.74, 6) is -2.81. The first-order valence-corrected chi connectivity index (χ1v) is 20.4. The van der Waals surface area contributed by atoms with Crippen molar-refractivity contribution in [1.82, 2.24) is 0 Å². The fourth-order valence-corrected chi connectivity index (χ4v) is 7.84. The Morgan fingerprint density at radius 3 is 1.80 bits per heavy atom. The molecule has 368 valence electrons. The van der Waals surface area contributed by atoms with Gasteiger partial charge in [-0.3, -0.25) is 4.79 Å². The molecule has 4 aliphatic heterocycles. The van der Waals surface area contributed by atoms with Crippen LogP contribution in [0.5, 0.6) is 28.7 Å². The lowest BCUT2D eigenvalue weighted by atomic mass is 9.97. The molecule has 0 aliphatic carbocycles. The molecule has 66 heavy (non-hydrogen) atoms. The molecule has 26 nitrogen and oxygen atoms in total. The maximum absolute atomic E-state index is 14.0. The largest absolute Gasteiger partial charge is 0.508 e. The van der Waals surface area contributed by atoms with Crippen LogP contribution in [0.25, 0.3) is 22.3 Å². The molecule has 4 aliphatic rings. The number of rotatable bonds is 13. The van der Waals surface area contributed by atoms with Gasteiger partial charge in [-0.15, -0.1) is 0 Å². The molecule has 3 aromatic rings. The molecular formula is C40H52O26. The minimum absolute atomic E-state index is 0.0158. The topological polar surface area (TPSA) is 417 Å². The number of phenols is 3. The second-order valence-electron chi connectivity index (χ2n) is 16.1. The average molecular weight is 949 g/mol. The van der Waals surface area contributed by atoms with Crippen LogP contribution in [-0.2, 0) is 33.2 Å². The first-order valence-electron chi connectivity index (χ1n) is 20.4. The van der Waals surface area contributed by atoms with Gasteiger partial charge in [0.2, 0.25) is 17.5 Å². The summed E-state index contributed by atoms with van der Waals surface area (Å²) < 4.78 is 56.6. The van der Waals surface area contributed by atoms with E-state index in [4.69, 9.17) is 47.0 Å². The van der Waals surface area contributed by atoms with Gasteiger partial charge in [0.25, 0.3) is 0 Å². The van der Waals surface area contributed by atoms with Crippen molar-refractivity contribution >= 4 is 11.0 Å². The molecule has 8 unspecified atom stereocenters. The lowest BCUT2D eigenvalue weighted by Crippen LogP contribution is -2.65. The third kappa shape index (κ3) is 9.63. The maximum Gasteiger partial charge on any atom is 0.239 e. The highest BCUT2D eigenvalue weighted by molar-refractivity contribution is 5.88. The van der Waals surface area contributed by atoms with Crippen LogP contribution in [0.3, 0.4) is 0 Å². The monoisotopic (exact) mass is 948 g/mol. The fraction of sp³-hybridized carbons (Fsp3) is 0.625. The van der Waals surface area contributed by atoms with Gasteiger partial charge in [-0.05, 0) is 25.1 Å². The molecule has 7 rings (SSSR count). The summed E-state index contributed by atoms with van der Waals surface area (Å²) in [5.41, 5.74) is -1.40. The third-order valence-corrected chi connectivity index (χ3v) is 11.7. The van der Waals surface area contributed by atoms with E-state index in [0.29, 0.717) is 0 Å². The number of ether oxygens (including phenoxy) is 9. The number of phenolic OH excluding ortho intramolecular Hbond substituents is 3. The zero-order valence-electron chi connectivity index (χ0n) is 34.8. The van der Waals surface area contributed by atoms with Gasteiger partial charge >= 0.3 is 0 Å². The zero-order chi connectivity index (χ0) is 48.0. The van der Waals surface area contributed by atoms with E-state index in [1.165, 1.54) is 32.2 Å². The van der Waals surface area contributed by atoms with E-state index in [0.717, 1.165) is 12.1 Å². The number of hydrogen-bond acceptors (Lipinski definition) is 26. The highest BCUT2D eigenvalue weighted by atomic mass is 16.8. The Morgan fingerprint density at radius 2 is 1.15 bits per heavy atom. The van der Waals surface area contributed by atoms with Crippen molar-refractivity contribution in [2.45, 2.75) is 130 Å². The lowest BCUT2D eigenvalue weighted by Gasteiger charge is -2.47. The summed E-state index contributed by atoms with van der Waals surface area (Å²) in [5, 5.41) is 158. The normalized spacial score (nSPS) is 39.7. The number of aromatic hydroxyl groups is 3. The molecule has 0 radical (unpaired) electrons. The van der Waals surface area contributed by atoms with E-state index in [1.807, 2.05) is 0 Å². The maximum atomic E-state index is 14.0. The van der Waals surface area contributed by atoms with E-state index in [9.17, 15) is 81.4 Å². The SMILES string of the molecule is COc1cc(-c2oc3cc(O)cc(O)c3c(=O)c2O[C@@H]2OC(CO[C@@H]3OC(CO[C@@H]4OC(CO)[C@@H](O)[C@H](O)C4O)[C@@H](O)[C@H](O)C3O[C@@H]3OC(C)[C@H](O)C(O)[C@@H]3O)[C@@H](O)[C@H](O)C2O)ccc1O. The summed E-state index contributed by atoms with van der Waals surface area (Å²) in [6.45, 7) is -1.11. The van der Waals surface area contributed by atoms with Gasteiger partial charge in [-0.25, -0.2) is 0 Å². The Labute approximate surface area is 371 Å². The van der Waals surface area contributed by atoms with Crippen molar-refractivity contribution in [3.63, 3.8) is 0 Å². The van der Waals surface area contributed by atoms with Crippen molar-refractivity contribution in [2.24, 2.45) is 0 Å². The second kappa shape index (κ2) is 20.2. The smallest absolute Gasteiger partial charge is 0.239 e. The molecule has 0 saturated carbocycles. The summed E-state index contributed by atoms with van der Waals surface area (Å²) in [4.78, 5) is 14.0. The van der Waals surface area contributed by atoms with Crippen LogP contribution in [0.2, 0.25) is 0 Å². The lowest BCUT2D eigenvalue weighted by molar-refractivity contribution is -0.374. The van der Waals surface area contributed by atoms with E-state index in [-0.39, 0.29) is 22.6 Å². The first-order chi connectivity index (χ1) is 31.2. The minimum atomic E-state index is -2.13. The number of aliphatic hydroxyl groups is 12. The van der Waals surface area contributed by atoms with Crippen LogP contribution in [0.15, 0.2) is 39.5 Å². The molecule has 4 saturated heterocycles. The number of hydrogen-bond donors (Lipinski definition) is 15. The molecule has 5 heterocycles. The number of aliphatic hydroxyl groups excluding tert-OH is 12. The molecule has 0 spiro atoms. The Morgan fingerprint density at radius 1 is 0.591 bits per heavy atom. The van der Waals surface area contributed by atoms with Crippen LogP contribution in [-0.4, -0.2) is 226 Å². The summed E-state index contributed by atoms with van der Waals surface area (Å²) in [6, 6.07) is 5.55. The summed E-state index contributed by atoms with van der Waals surface area (Å²) >= 11 is 0. The molecular weight excluding hydrogens is 896 g/mol. The van der Waals surface area contributed by atoms with Crippen LogP contribution < -0.4 is 14.9 Å². The van der Waals surface area contributed by atoms with Gasteiger partial charge in [0.05, 0.1) is 33.0 Å². The van der Waals surface area contributed by atoms with Crippen molar-refractivity contribution in [2.75, 3.05) is 26.9 Å². The molecule has 0 bridgehead atoms. The van der Waals surface area contributed by atoms with Crippen LogP contribution in [0.1, 0.15) is 6.92 Å². The minimum Gasteiger partial charge on any atom is -0.508 e.